The number of nitrogens with zero attached hydrogens (tertiary/aromatic N) is 2. The fraction of sp³-hybridized carbons (Fsp3) is 0.385. The van der Waals surface area contributed by atoms with Gasteiger partial charge in [-0.1, -0.05) is 39.0 Å². The molecular weight excluding hydrogens is 404 g/mol. The fourth-order valence-corrected chi connectivity index (χ4v) is 4.06. The van der Waals surface area contributed by atoms with Crippen LogP contribution in [0, 0.1) is 5.92 Å². The van der Waals surface area contributed by atoms with Crippen LogP contribution in [0.25, 0.3) is 10.8 Å². The first-order chi connectivity index (χ1) is 15.4. The number of aromatic nitrogens is 1. The van der Waals surface area contributed by atoms with E-state index in [0.717, 1.165) is 17.7 Å². The number of ether oxygens (including phenoxy) is 2. The summed E-state index contributed by atoms with van der Waals surface area (Å²) < 4.78 is 12.5. The number of hydrogen-bond donors (Lipinski definition) is 0. The van der Waals surface area contributed by atoms with Gasteiger partial charge in [-0.2, -0.15) is 0 Å². The molecule has 0 aliphatic heterocycles. The van der Waals surface area contributed by atoms with Gasteiger partial charge in [-0.05, 0) is 43.0 Å². The van der Waals surface area contributed by atoms with Crippen molar-refractivity contribution in [2.45, 2.75) is 40.7 Å². The Labute approximate surface area is 189 Å². The molecule has 0 spiro atoms. The molecule has 32 heavy (non-hydrogen) atoms. The molecule has 0 saturated heterocycles. The van der Waals surface area contributed by atoms with Gasteiger partial charge in [-0.3, -0.25) is 9.59 Å². The van der Waals surface area contributed by atoms with Crippen LogP contribution in [-0.2, 0) is 13.0 Å². The third-order valence-corrected chi connectivity index (χ3v) is 5.61. The fourth-order valence-electron chi connectivity index (χ4n) is 4.06. The molecule has 1 amide bonds. The lowest BCUT2D eigenvalue weighted by Crippen LogP contribution is -2.33. The monoisotopic (exact) mass is 436 g/mol. The predicted molar refractivity (Wildman–Crippen MR) is 129 cm³/mol. The van der Waals surface area contributed by atoms with E-state index >= 15 is 0 Å². The first-order valence-corrected chi connectivity index (χ1v) is 11.0. The number of para-hydroxylation sites is 1. The summed E-state index contributed by atoms with van der Waals surface area (Å²) in [7, 11) is 3.08. The van der Waals surface area contributed by atoms with E-state index < -0.39 is 0 Å². The molecule has 0 aliphatic rings. The van der Waals surface area contributed by atoms with Gasteiger partial charge in [0.1, 0.15) is 0 Å². The first kappa shape index (κ1) is 23.4. The van der Waals surface area contributed by atoms with Crippen molar-refractivity contribution < 1.29 is 14.3 Å². The number of pyridine rings is 1. The molecule has 0 aliphatic carbocycles. The van der Waals surface area contributed by atoms with Crippen LogP contribution < -0.4 is 19.9 Å². The summed E-state index contributed by atoms with van der Waals surface area (Å²) in [6.45, 7) is 9.15. The number of carbonyl (C=O) groups excluding carboxylic acids is 1. The number of aryl methyl sites for hydroxylation is 1. The Morgan fingerprint density at radius 1 is 1.03 bits per heavy atom. The minimum absolute atomic E-state index is 0.150. The Morgan fingerprint density at radius 2 is 1.66 bits per heavy atom. The summed E-state index contributed by atoms with van der Waals surface area (Å²) in [5.74, 6) is 1.04. The number of methoxy groups -OCH3 is 2. The average molecular weight is 437 g/mol. The average Bonchev–Trinajstić information content (AvgIpc) is 2.80. The molecule has 0 saturated carbocycles. The van der Waals surface area contributed by atoms with Gasteiger partial charge in [-0.15, -0.1) is 0 Å². The third kappa shape index (κ3) is 4.35. The van der Waals surface area contributed by atoms with Crippen molar-refractivity contribution in [1.29, 1.82) is 0 Å². The molecule has 3 aromatic rings. The highest BCUT2D eigenvalue weighted by Gasteiger charge is 2.24. The van der Waals surface area contributed by atoms with Crippen LogP contribution in [0.3, 0.4) is 0 Å². The number of carbonyl (C=O) groups is 1. The zero-order valence-corrected chi connectivity index (χ0v) is 19.8. The van der Waals surface area contributed by atoms with E-state index in [1.54, 1.807) is 34.9 Å². The maximum absolute atomic E-state index is 13.9. The van der Waals surface area contributed by atoms with Crippen LogP contribution in [0.4, 0.5) is 5.69 Å². The van der Waals surface area contributed by atoms with Crippen LogP contribution in [0.1, 0.15) is 43.6 Å². The van der Waals surface area contributed by atoms with Crippen LogP contribution in [-0.4, -0.2) is 31.2 Å². The highest BCUT2D eigenvalue weighted by atomic mass is 16.5. The van der Waals surface area contributed by atoms with Crippen molar-refractivity contribution in [1.82, 2.24) is 4.57 Å². The summed E-state index contributed by atoms with van der Waals surface area (Å²) in [5.41, 5.74) is 2.30. The molecule has 0 unspecified atom stereocenters. The lowest BCUT2D eigenvalue weighted by atomic mass is 10.0. The Balaban J connectivity index is 2.30. The molecule has 0 fully saturated rings. The molecule has 0 radical (unpaired) electrons. The van der Waals surface area contributed by atoms with E-state index in [-0.39, 0.29) is 17.4 Å². The number of amides is 1. The van der Waals surface area contributed by atoms with E-state index in [1.807, 2.05) is 45.0 Å². The second-order valence-electron chi connectivity index (χ2n) is 8.18. The normalized spacial score (nSPS) is 11.1. The number of anilines is 1. The van der Waals surface area contributed by atoms with Gasteiger partial charge in [-0.25, -0.2) is 0 Å². The van der Waals surface area contributed by atoms with Crippen molar-refractivity contribution in [3.05, 3.63) is 64.1 Å². The summed E-state index contributed by atoms with van der Waals surface area (Å²) >= 11 is 0. The molecule has 0 bridgehead atoms. The molecule has 3 rings (SSSR count). The Hall–Kier alpha value is -3.28. The summed E-state index contributed by atoms with van der Waals surface area (Å²) in [6, 6.07) is 11.3. The summed E-state index contributed by atoms with van der Waals surface area (Å²) in [5, 5.41) is 0.999. The van der Waals surface area contributed by atoms with Crippen LogP contribution in [0.15, 0.2) is 47.4 Å². The summed E-state index contributed by atoms with van der Waals surface area (Å²) in [6.07, 6.45) is 2.51. The van der Waals surface area contributed by atoms with Crippen molar-refractivity contribution in [2.24, 2.45) is 5.92 Å². The van der Waals surface area contributed by atoms with Crippen molar-refractivity contribution in [3.63, 3.8) is 0 Å². The van der Waals surface area contributed by atoms with Gasteiger partial charge in [0.2, 0.25) is 0 Å². The summed E-state index contributed by atoms with van der Waals surface area (Å²) in [4.78, 5) is 28.9. The number of hydrogen-bond acceptors (Lipinski definition) is 4. The molecule has 0 N–H and O–H groups in total. The molecule has 6 nitrogen and oxygen atoms in total. The van der Waals surface area contributed by atoms with E-state index in [4.69, 9.17) is 9.47 Å². The van der Waals surface area contributed by atoms with Crippen molar-refractivity contribution in [3.8, 4) is 11.5 Å². The largest absolute Gasteiger partial charge is 0.493 e. The van der Waals surface area contributed by atoms with Crippen LogP contribution >= 0.6 is 0 Å². The Kier molecular flexibility index (Phi) is 7.23. The van der Waals surface area contributed by atoms with Crippen molar-refractivity contribution in [2.75, 3.05) is 25.7 Å². The topological polar surface area (TPSA) is 60.8 Å². The Bertz CT molecular complexity index is 1180. The molecule has 0 atom stereocenters. The minimum atomic E-state index is -0.150. The predicted octanol–water partition coefficient (Wildman–Crippen LogP) is 4.90. The van der Waals surface area contributed by atoms with Gasteiger partial charge in [0.15, 0.2) is 11.5 Å². The maximum Gasteiger partial charge on any atom is 0.260 e. The molecule has 1 heterocycles. The minimum Gasteiger partial charge on any atom is -0.493 e. The SMILES string of the molecule is CCc1ccccc1N(CC)C(=O)c1cn(CC(C)C)c(=O)c2cc(OC)c(OC)cc12. The van der Waals surface area contributed by atoms with E-state index in [9.17, 15) is 9.59 Å². The second-order valence-corrected chi connectivity index (χ2v) is 8.18. The standard InChI is InChI=1S/C26H32N2O4/c1-7-18-11-9-10-12-22(18)28(8-2)26(30)21-16-27(15-17(3)4)25(29)20-14-24(32-6)23(31-5)13-19(20)21/h9-14,16-17H,7-8,15H2,1-6H3. The number of rotatable bonds is 8. The number of benzene rings is 2. The van der Waals surface area contributed by atoms with E-state index in [1.165, 1.54) is 7.11 Å². The quantitative estimate of drug-likeness (QED) is 0.504. The molecule has 170 valence electrons. The maximum atomic E-state index is 13.9. The van der Waals surface area contributed by atoms with Gasteiger partial charge in [0.25, 0.3) is 11.5 Å². The smallest absolute Gasteiger partial charge is 0.260 e. The highest BCUT2D eigenvalue weighted by molar-refractivity contribution is 6.14. The third-order valence-electron chi connectivity index (χ3n) is 5.61. The zero-order valence-electron chi connectivity index (χ0n) is 19.8. The van der Waals surface area contributed by atoms with Crippen LogP contribution in [0.5, 0.6) is 11.5 Å². The highest BCUT2D eigenvalue weighted by Crippen LogP contribution is 2.33. The Morgan fingerprint density at radius 3 is 2.22 bits per heavy atom. The van der Waals surface area contributed by atoms with E-state index in [0.29, 0.717) is 40.9 Å². The molecular formula is C26H32N2O4. The van der Waals surface area contributed by atoms with Gasteiger partial charge in [0, 0.05) is 30.4 Å². The van der Waals surface area contributed by atoms with Gasteiger partial charge >= 0.3 is 0 Å². The zero-order chi connectivity index (χ0) is 23.4. The van der Waals surface area contributed by atoms with Gasteiger partial charge < -0.3 is 18.9 Å². The second kappa shape index (κ2) is 9.90. The lowest BCUT2D eigenvalue weighted by molar-refractivity contribution is 0.0989. The first-order valence-electron chi connectivity index (χ1n) is 11.0. The number of fused-ring (bicyclic) bond motifs is 1. The molecule has 1 aromatic heterocycles. The van der Waals surface area contributed by atoms with Gasteiger partial charge in [0.05, 0.1) is 25.2 Å². The molecule has 2 aromatic carbocycles. The molecule has 6 heteroatoms. The lowest BCUT2D eigenvalue weighted by Gasteiger charge is -2.25. The van der Waals surface area contributed by atoms with Crippen molar-refractivity contribution >= 4 is 22.4 Å². The van der Waals surface area contributed by atoms with E-state index in [2.05, 4.69) is 6.92 Å². The van der Waals surface area contributed by atoms with Crippen LogP contribution in [0.2, 0.25) is 0 Å².